The molecule has 2 aromatic heterocycles. The zero-order chi connectivity index (χ0) is 12.5. The SMILES string of the molecule is O=c1c2ccccc2cnn1Cc1ccc(Br)s1. The Balaban J connectivity index is 2.08. The quantitative estimate of drug-likeness (QED) is 0.726. The molecule has 0 aliphatic heterocycles. The number of rotatable bonds is 2. The van der Waals surface area contributed by atoms with Crippen LogP contribution in [0.3, 0.4) is 0 Å². The first kappa shape index (κ1) is 11.6. The van der Waals surface area contributed by atoms with Crippen LogP contribution in [0, 0.1) is 0 Å². The number of thiophene rings is 1. The number of benzene rings is 1. The minimum absolute atomic E-state index is 0.0439. The maximum atomic E-state index is 12.2. The van der Waals surface area contributed by atoms with E-state index in [0.717, 1.165) is 14.0 Å². The van der Waals surface area contributed by atoms with E-state index in [0.29, 0.717) is 11.9 Å². The lowest BCUT2D eigenvalue weighted by Gasteiger charge is -2.03. The van der Waals surface area contributed by atoms with Gasteiger partial charge < -0.3 is 0 Å². The summed E-state index contributed by atoms with van der Waals surface area (Å²) >= 11 is 5.03. The van der Waals surface area contributed by atoms with Gasteiger partial charge in [0.1, 0.15) is 0 Å². The van der Waals surface area contributed by atoms with Crippen molar-refractivity contribution >= 4 is 38.0 Å². The van der Waals surface area contributed by atoms with Crippen molar-refractivity contribution in [2.45, 2.75) is 6.54 Å². The van der Waals surface area contributed by atoms with Gasteiger partial charge >= 0.3 is 0 Å². The fourth-order valence-corrected chi connectivity index (χ4v) is 3.29. The molecule has 0 bridgehead atoms. The summed E-state index contributed by atoms with van der Waals surface area (Å²) in [5.41, 5.74) is -0.0439. The van der Waals surface area contributed by atoms with Gasteiger partial charge in [0, 0.05) is 10.3 Å². The molecule has 0 unspecified atom stereocenters. The second-order valence-corrected chi connectivity index (χ2v) is 6.45. The lowest BCUT2D eigenvalue weighted by Crippen LogP contribution is -2.22. The first-order valence-corrected chi connectivity index (χ1v) is 7.04. The van der Waals surface area contributed by atoms with E-state index in [-0.39, 0.29) is 5.56 Å². The number of hydrogen-bond donors (Lipinski definition) is 0. The molecule has 0 saturated heterocycles. The molecule has 3 aromatic rings. The Morgan fingerprint density at radius 3 is 2.83 bits per heavy atom. The van der Waals surface area contributed by atoms with Gasteiger partial charge in [-0.25, -0.2) is 4.68 Å². The maximum Gasteiger partial charge on any atom is 0.274 e. The monoisotopic (exact) mass is 320 g/mol. The highest BCUT2D eigenvalue weighted by atomic mass is 79.9. The van der Waals surface area contributed by atoms with Crippen molar-refractivity contribution in [1.82, 2.24) is 9.78 Å². The third-order valence-corrected chi connectivity index (χ3v) is 4.30. The minimum atomic E-state index is -0.0439. The summed E-state index contributed by atoms with van der Waals surface area (Å²) in [6.07, 6.45) is 1.74. The molecule has 18 heavy (non-hydrogen) atoms. The van der Waals surface area contributed by atoms with Gasteiger partial charge in [0.15, 0.2) is 0 Å². The summed E-state index contributed by atoms with van der Waals surface area (Å²) in [5.74, 6) is 0. The highest BCUT2D eigenvalue weighted by Crippen LogP contribution is 2.22. The van der Waals surface area contributed by atoms with Crippen molar-refractivity contribution < 1.29 is 0 Å². The summed E-state index contributed by atoms with van der Waals surface area (Å²) in [5, 5.41) is 5.80. The second-order valence-electron chi connectivity index (χ2n) is 3.90. The van der Waals surface area contributed by atoms with Crippen LogP contribution in [0.5, 0.6) is 0 Å². The summed E-state index contributed by atoms with van der Waals surface area (Å²) in [4.78, 5) is 13.3. The molecule has 0 aliphatic carbocycles. The van der Waals surface area contributed by atoms with Crippen molar-refractivity contribution in [2.75, 3.05) is 0 Å². The van der Waals surface area contributed by atoms with Crippen LogP contribution >= 0.6 is 27.3 Å². The van der Waals surface area contributed by atoms with Crippen molar-refractivity contribution in [3.05, 3.63) is 61.6 Å². The topological polar surface area (TPSA) is 34.9 Å². The average molecular weight is 321 g/mol. The van der Waals surface area contributed by atoms with Crippen LogP contribution in [0.2, 0.25) is 0 Å². The number of nitrogens with zero attached hydrogens (tertiary/aromatic N) is 2. The zero-order valence-corrected chi connectivity index (χ0v) is 11.7. The van der Waals surface area contributed by atoms with E-state index in [1.54, 1.807) is 17.5 Å². The average Bonchev–Trinajstić information content (AvgIpc) is 2.79. The molecule has 5 heteroatoms. The molecule has 0 fully saturated rings. The highest BCUT2D eigenvalue weighted by molar-refractivity contribution is 9.11. The van der Waals surface area contributed by atoms with E-state index >= 15 is 0 Å². The molecule has 0 aliphatic rings. The van der Waals surface area contributed by atoms with Gasteiger partial charge in [-0.1, -0.05) is 18.2 Å². The van der Waals surface area contributed by atoms with Crippen LogP contribution in [0.25, 0.3) is 10.8 Å². The Morgan fingerprint density at radius 1 is 1.22 bits per heavy atom. The number of hydrogen-bond acceptors (Lipinski definition) is 3. The summed E-state index contributed by atoms with van der Waals surface area (Å²) in [6.45, 7) is 0.514. The largest absolute Gasteiger partial charge is 0.274 e. The van der Waals surface area contributed by atoms with Crippen molar-refractivity contribution in [3.63, 3.8) is 0 Å². The molecule has 0 atom stereocenters. The predicted octanol–water partition coefficient (Wildman–Crippen LogP) is 3.27. The van der Waals surface area contributed by atoms with Gasteiger partial charge in [0.2, 0.25) is 0 Å². The van der Waals surface area contributed by atoms with E-state index in [1.165, 1.54) is 4.68 Å². The molecule has 0 N–H and O–H groups in total. The Bertz CT molecular complexity index is 763. The zero-order valence-electron chi connectivity index (χ0n) is 9.34. The highest BCUT2D eigenvalue weighted by Gasteiger charge is 2.05. The molecular weight excluding hydrogens is 312 g/mol. The lowest BCUT2D eigenvalue weighted by atomic mass is 10.2. The van der Waals surface area contributed by atoms with E-state index < -0.39 is 0 Å². The Kier molecular flexibility index (Phi) is 3.01. The molecule has 1 aromatic carbocycles. The molecule has 90 valence electrons. The van der Waals surface area contributed by atoms with E-state index in [2.05, 4.69) is 21.0 Å². The standard InChI is InChI=1S/C13H9BrN2OS/c14-12-6-5-10(18-12)8-16-13(17)11-4-2-1-3-9(11)7-15-16/h1-7H,8H2. The minimum Gasteiger partial charge on any atom is -0.267 e. The smallest absolute Gasteiger partial charge is 0.267 e. The molecule has 2 heterocycles. The van der Waals surface area contributed by atoms with Crippen molar-refractivity contribution in [2.24, 2.45) is 0 Å². The van der Waals surface area contributed by atoms with Crippen LogP contribution in [-0.2, 0) is 6.54 Å². The second kappa shape index (κ2) is 4.66. The van der Waals surface area contributed by atoms with Crippen LogP contribution in [0.15, 0.2) is 51.2 Å². The predicted molar refractivity (Wildman–Crippen MR) is 77.1 cm³/mol. The normalized spacial score (nSPS) is 10.9. The number of halogens is 1. The summed E-state index contributed by atoms with van der Waals surface area (Å²) < 4.78 is 2.56. The Labute approximate surface area is 116 Å². The molecule has 0 amide bonds. The van der Waals surface area contributed by atoms with Gasteiger partial charge in [-0.05, 0) is 34.1 Å². The van der Waals surface area contributed by atoms with Gasteiger partial charge in [0.05, 0.1) is 21.9 Å². The first-order chi connectivity index (χ1) is 8.74. The fraction of sp³-hybridized carbons (Fsp3) is 0.0769. The third-order valence-electron chi connectivity index (χ3n) is 2.70. The molecule has 0 radical (unpaired) electrons. The number of fused-ring (bicyclic) bond motifs is 1. The molecule has 3 nitrogen and oxygen atoms in total. The first-order valence-electron chi connectivity index (χ1n) is 5.43. The lowest BCUT2D eigenvalue weighted by molar-refractivity contribution is 0.654. The van der Waals surface area contributed by atoms with Crippen LogP contribution < -0.4 is 5.56 Å². The summed E-state index contributed by atoms with van der Waals surface area (Å²) in [6, 6.07) is 11.5. The Morgan fingerprint density at radius 2 is 2.06 bits per heavy atom. The molecule has 0 saturated carbocycles. The molecular formula is C13H9BrN2OS. The third kappa shape index (κ3) is 2.11. The van der Waals surface area contributed by atoms with Crippen LogP contribution in [0.4, 0.5) is 0 Å². The molecule has 3 rings (SSSR count). The van der Waals surface area contributed by atoms with Crippen molar-refractivity contribution in [3.8, 4) is 0 Å². The number of aromatic nitrogens is 2. The van der Waals surface area contributed by atoms with Crippen LogP contribution in [0.1, 0.15) is 4.88 Å². The fourth-order valence-electron chi connectivity index (χ4n) is 1.82. The maximum absolute atomic E-state index is 12.2. The Hall–Kier alpha value is -1.46. The van der Waals surface area contributed by atoms with Gasteiger partial charge in [-0.3, -0.25) is 4.79 Å². The van der Waals surface area contributed by atoms with Gasteiger partial charge in [-0.2, -0.15) is 5.10 Å². The van der Waals surface area contributed by atoms with Gasteiger partial charge in [-0.15, -0.1) is 11.3 Å². The molecule has 0 spiro atoms. The van der Waals surface area contributed by atoms with Gasteiger partial charge in [0.25, 0.3) is 5.56 Å². The van der Waals surface area contributed by atoms with Crippen molar-refractivity contribution in [1.29, 1.82) is 0 Å². The van der Waals surface area contributed by atoms with E-state index in [9.17, 15) is 4.79 Å². The van der Waals surface area contributed by atoms with Crippen LogP contribution in [-0.4, -0.2) is 9.78 Å². The summed E-state index contributed by atoms with van der Waals surface area (Å²) in [7, 11) is 0. The van der Waals surface area contributed by atoms with E-state index in [4.69, 9.17) is 0 Å². The van der Waals surface area contributed by atoms with E-state index in [1.807, 2.05) is 36.4 Å².